The van der Waals surface area contributed by atoms with Crippen LogP contribution in [-0.2, 0) is 6.54 Å². The molecule has 0 atom stereocenters. The molecule has 0 radical (unpaired) electrons. The average Bonchev–Trinajstić information content (AvgIpc) is 2.85. The zero-order valence-corrected chi connectivity index (χ0v) is 24.4. The molecule has 0 fully saturated rings. The highest BCUT2D eigenvalue weighted by atomic mass is 16.2. The van der Waals surface area contributed by atoms with E-state index in [4.69, 9.17) is 0 Å². The summed E-state index contributed by atoms with van der Waals surface area (Å²) in [4.78, 5) is 25.5. The minimum Gasteiger partial charge on any atom is -0.352 e. The third-order valence-electron chi connectivity index (χ3n) is 7.56. The second-order valence-electron chi connectivity index (χ2n) is 10.9. The molecule has 4 heteroatoms. The average molecular weight is 503 g/mol. The zero-order chi connectivity index (χ0) is 26.4. The van der Waals surface area contributed by atoms with Gasteiger partial charge in [0.05, 0.1) is 0 Å². The van der Waals surface area contributed by atoms with Gasteiger partial charge in [-0.1, -0.05) is 129 Å². The monoisotopic (exact) mass is 502 g/mol. The predicted octanol–water partition coefficient (Wildman–Crippen LogP) is 9.04. The number of nitrogens with zero attached hydrogens (tertiary/aromatic N) is 1. The molecule has 1 N–H and O–H groups in total. The van der Waals surface area contributed by atoms with Crippen molar-refractivity contribution in [2.24, 2.45) is 0 Å². The maximum Gasteiger partial charge on any atom is 0.257 e. The molecule has 4 nitrogen and oxygen atoms in total. The van der Waals surface area contributed by atoms with Crippen LogP contribution in [0.15, 0.2) is 10.9 Å². The Bertz CT molecular complexity index is 753. The molecule has 1 aromatic rings. The smallest absolute Gasteiger partial charge is 0.257 e. The van der Waals surface area contributed by atoms with E-state index in [2.05, 4.69) is 23.7 Å². The van der Waals surface area contributed by atoms with E-state index in [1.807, 2.05) is 13.8 Å². The third-order valence-corrected chi connectivity index (χ3v) is 7.56. The van der Waals surface area contributed by atoms with Gasteiger partial charge in [0.25, 0.3) is 5.91 Å². The number of aromatic nitrogens is 1. The topological polar surface area (TPSA) is 51.1 Å². The Labute approximate surface area is 223 Å². The van der Waals surface area contributed by atoms with E-state index < -0.39 is 0 Å². The summed E-state index contributed by atoms with van der Waals surface area (Å²) in [7, 11) is 0. The molecule has 208 valence electrons. The molecule has 0 saturated heterocycles. The number of pyridine rings is 1. The molecule has 0 aliphatic carbocycles. The lowest BCUT2D eigenvalue weighted by Gasteiger charge is -2.17. The summed E-state index contributed by atoms with van der Waals surface area (Å²) < 4.78 is 2.17. The molecular weight excluding hydrogens is 444 g/mol. The maximum atomic E-state index is 12.8. The Balaban J connectivity index is 2.31. The van der Waals surface area contributed by atoms with Crippen molar-refractivity contribution in [1.82, 2.24) is 9.88 Å². The molecule has 1 aromatic heterocycles. The normalized spacial score (nSPS) is 11.2. The van der Waals surface area contributed by atoms with Crippen molar-refractivity contribution in [3.8, 4) is 0 Å². The second-order valence-corrected chi connectivity index (χ2v) is 10.9. The van der Waals surface area contributed by atoms with Crippen molar-refractivity contribution in [2.45, 2.75) is 163 Å². The van der Waals surface area contributed by atoms with Crippen LogP contribution in [0.2, 0.25) is 0 Å². The van der Waals surface area contributed by atoms with Crippen LogP contribution < -0.4 is 10.7 Å². The number of carbonyl (C=O) groups excluding carboxylic acids is 1. The number of unbranched alkanes of at least 4 members (excludes halogenated alkanes) is 18. The fourth-order valence-electron chi connectivity index (χ4n) is 5.20. The summed E-state index contributed by atoms with van der Waals surface area (Å²) in [6.45, 7) is 9.97. The Morgan fingerprint density at radius 1 is 0.667 bits per heavy atom. The summed E-state index contributed by atoms with van der Waals surface area (Å²) in [5.41, 5.74) is 1.96. The molecule has 36 heavy (non-hydrogen) atoms. The van der Waals surface area contributed by atoms with Gasteiger partial charge in [0.15, 0.2) is 5.43 Å². The van der Waals surface area contributed by atoms with Crippen LogP contribution in [0.25, 0.3) is 0 Å². The van der Waals surface area contributed by atoms with E-state index >= 15 is 0 Å². The Kier molecular flexibility index (Phi) is 19.4. The van der Waals surface area contributed by atoms with Crippen molar-refractivity contribution in [1.29, 1.82) is 0 Å². The molecular formula is C32H58N2O2. The molecule has 0 aliphatic rings. The molecule has 0 spiro atoms. The highest BCUT2D eigenvalue weighted by molar-refractivity contribution is 5.95. The fraction of sp³-hybridized carbons (Fsp3) is 0.812. The molecule has 0 aromatic carbocycles. The first-order chi connectivity index (χ1) is 17.5. The van der Waals surface area contributed by atoms with Gasteiger partial charge in [-0.2, -0.15) is 0 Å². The SMILES string of the molecule is CCCCCCCCCCCCNC(=O)c1c(C)n(CCCCCCCCCCCC)c(C)cc1=O. The standard InChI is InChI=1S/C32H58N2O2/c1-5-7-9-11-13-15-17-19-21-23-25-33-32(36)31-29(4)34(28(3)27-30(31)35)26-24-22-20-18-16-14-12-10-8-6-2/h27H,5-26H2,1-4H3,(H,33,36). The molecule has 1 heterocycles. The molecule has 0 bridgehead atoms. The predicted molar refractivity (Wildman–Crippen MR) is 156 cm³/mol. The van der Waals surface area contributed by atoms with Gasteiger partial charge in [0, 0.05) is 30.5 Å². The van der Waals surface area contributed by atoms with Crippen molar-refractivity contribution < 1.29 is 4.79 Å². The van der Waals surface area contributed by atoms with Gasteiger partial charge in [-0.15, -0.1) is 0 Å². The largest absolute Gasteiger partial charge is 0.352 e. The van der Waals surface area contributed by atoms with Crippen LogP contribution in [0.3, 0.4) is 0 Å². The second kappa shape index (κ2) is 21.5. The maximum absolute atomic E-state index is 12.8. The van der Waals surface area contributed by atoms with E-state index in [1.54, 1.807) is 6.07 Å². The summed E-state index contributed by atoms with van der Waals surface area (Å²) in [5.74, 6) is -0.203. The number of nitrogens with one attached hydrogen (secondary N) is 1. The van der Waals surface area contributed by atoms with Crippen LogP contribution in [0.4, 0.5) is 0 Å². The van der Waals surface area contributed by atoms with Crippen LogP contribution in [0, 0.1) is 13.8 Å². The van der Waals surface area contributed by atoms with Gasteiger partial charge in [-0.25, -0.2) is 0 Å². The lowest BCUT2D eigenvalue weighted by molar-refractivity contribution is 0.0950. The van der Waals surface area contributed by atoms with Crippen molar-refractivity contribution in [3.63, 3.8) is 0 Å². The molecule has 0 unspecified atom stereocenters. The summed E-state index contributed by atoms with van der Waals surface area (Å²) in [6.07, 6.45) is 25.8. The number of hydrogen-bond donors (Lipinski definition) is 1. The van der Waals surface area contributed by atoms with Crippen molar-refractivity contribution in [3.05, 3.63) is 33.2 Å². The van der Waals surface area contributed by atoms with Gasteiger partial charge in [-0.3, -0.25) is 9.59 Å². The van der Waals surface area contributed by atoms with Gasteiger partial charge in [-0.05, 0) is 26.7 Å². The van der Waals surface area contributed by atoms with Crippen molar-refractivity contribution in [2.75, 3.05) is 6.54 Å². The van der Waals surface area contributed by atoms with Crippen LogP contribution in [0.1, 0.15) is 164 Å². The fourth-order valence-corrected chi connectivity index (χ4v) is 5.20. The minimum absolute atomic E-state index is 0.148. The van der Waals surface area contributed by atoms with E-state index in [9.17, 15) is 9.59 Å². The summed E-state index contributed by atoms with van der Waals surface area (Å²) in [6, 6.07) is 1.64. The van der Waals surface area contributed by atoms with E-state index in [1.165, 1.54) is 109 Å². The Hall–Kier alpha value is -1.58. The number of amides is 1. The number of hydrogen-bond acceptors (Lipinski definition) is 2. The third kappa shape index (κ3) is 14.2. The molecule has 0 saturated carbocycles. The van der Waals surface area contributed by atoms with Crippen molar-refractivity contribution >= 4 is 5.91 Å². The number of carbonyl (C=O) groups is 1. The first kappa shape index (κ1) is 32.4. The van der Waals surface area contributed by atoms with E-state index in [0.29, 0.717) is 12.1 Å². The van der Waals surface area contributed by atoms with Gasteiger partial charge < -0.3 is 9.88 Å². The zero-order valence-electron chi connectivity index (χ0n) is 24.4. The number of rotatable bonds is 23. The summed E-state index contributed by atoms with van der Waals surface area (Å²) in [5, 5.41) is 3.01. The first-order valence-corrected chi connectivity index (χ1v) is 15.5. The quantitative estimate of drug-likeness (QED) is 0.152. The lowest BCUT2D eigenvalue weighted by atomic mass is 10.1. The minimum atomic E-state index is -0.203. The van der Waals surface area contributed by atoms with Gasteiger partial charge >= 0.3 is 0 Å². The van der Waals surface area contributed by atoms with E-state index in [0.717, 1.165) is 37.2 Å². The molecule has 0 aliphatic heterocycles. The molecule has 1 amide bonds. The first-order valence-electron chi connectivity index (χ1n) is 15.5. The van der Waals surface area contributed by atoms with Crippen LogP contribution in [-0.4, -0.2) is 17.0 Å². The highest BCUT2D eigenvalue weighted by Gasteiger charge is 2.17. The molecule has 1 rings (SSSR count). The Morgan fingerprint density at radius 3 is 1.56 bits per heavy atom. The van der Waals surface area contributed by atoms with Crippen LogP contribution >= 0.6 is 0 Å². The highest BCUT2D eigenvalue weighted by Crippen LogP contribution is 2.14. The lowest BCUT2D eigenvalue weighted by Crippen LogP contribution is -2.32. The number of aryl methyl sites for hydroxylation is 1. The van der Waals surface area contributed by atoms with Gasteiger partial charge in [0.2, 0.25) is 0 Å². The van der Waals surface area contributed by atoms with Gasteiger partial charge in [0.1, 0.15) is 5.56 Å². The Morgan fingerprint density at radius 2 is 1.08 bits per heavy atom. The van der Waals surface area contributed by atoms with Crippen LogP contribution in [0.5, 0.6) is 0 Å². The summed E-state index contributed by atoms with van der Waals surface area (Å²) >= 11 is 0. The van der Waals surface area contributed by atoms with E-state index in [-0.39, 0.29) is 11.3 Å².